The molecule has 1 aliphatic heterocycles. The SMILES string of the molecule is OCc1ccc2c(c1)OCCOCCOCCOCCOc1ccc(CO)cc1OCCOCCOCCOCCO2. The summed E-state index contributed by atoms with van der Waals surface area (Å²) in [6.07, 6.45) is 0. The molecule has 0 aromatic heterocycles. The van der Waals surface area contributed by atoms with Gasteiger partial charge in [-0.05, 0) is 35.4 Å². The van der Waals surface area contributed by atoms with Gasteiger partial charge in [0.1, 0.15) is 26.4 Å². The minimum atomic E-state index is -0.0940. The molecule has 2 aromatic rings. The van der Waals surface area contributed by atoms with Crippen LogP contribution in [-0.4, -0.2) is 116 Å². The van der Waals surface area contributed by atoms with E-state index in [-0.39, 0.29) is 13.2 Å². The second kappa shape index (κ2) is 21.9. The third kappa shape index (κ3) is 14.0. The summed E-state index contributed by atoms with van der Waals surface area (Å²) in [5, 5.41) is 18.9. The summed E-state index contributed by atoms with van der Waals surface area (Å²) in [6, 6.07) is 10.6. The van der Waals surface area contributed by atoms with Gasteiger partial charge in [0.25, 0.3) is 0 Å². The zero-order valence-corrected chi connectivity index (χ0v) is 24.2. The fraction of sp³-hybridized carbons (Fsp3) is 0.600. The molecule has 0 atom stereocenters. The molecule has 3 rings (SSSR count). The molecule has 0 amide bonds. The van der Waals surface area contributed by atoms with Crippen molar-refractivity contribution in [3.63, 3.8) is 0 Å². The van der Waals surface area contributed by atoms with Gasteiger partial charge in [0.05, 0.1) is 92.5 Å². The summed E-state index contributed by atoms with van der Waals surface area (Å²) in [6.45, 7) is 6.07. The molecule has 42 heavy (non-hydrogen) atoms. The molecule has 12 heteroatoms. The summed E-state index contributed by atoms with van der Waals surface area (Å²) in [7, 11) is 0. The van der Waals surface area contributed by atoms with Crippen LogP contribution in [0.5, 0.6) is 23.0 Å². The van der Waals surface area contributed by atoms with Crippen LogP contribution < -0.4 is 18.9 Å². The van der Waals surface area contributed by atoms with Gasteiger partial charge in [-0.25, -0.2) is 0 Å². The maximum absolute atomic E-state index is 9.47. The maximum atomic E-state index is 9.47. The first kappa shape index (κ1) is 33.8. The van der Waals surface area contributed by atoms with Crippen molar-refractivity contribution in [1.82, 2.24) is 0 Å². The summed E-state index contributed by atoms with van der Waals surface area (Å²) in [4.78, 5) is 0. The van der Waals surface area contributed by atoms with Gasteiger partial charge in [0, 0.05) is 0 Å². The Hall–Kier alpha value is -2.68. The molecule has 0 spiro atoms. The van der Waals surface area contributed by atoms with E-state index >= 15 is 0 Å². The molecule has 2 aromatic carbocycles. The smallest absolute Gasteiger partial charge is 0.161 e. The Morgan fingerprint density at radius 1 is 0.357 bits per heavy atom. The maximum Gasteiger partial charge on any atom is 0.161 e. The number of benzene rings is 2. The lowest BCUT2D eigenvalue weighted by Crippen LogP contribution is -2.16. The number of rotatable bonds is 2. The summed E-state index contributed by atoms with van der Waals surface area (Å²) < 4.78 is 56.7. The van der Waals surface area contributed by atoms with Gasteiger partial charge in [0.2, 0.25) is 0 Å². The van der Waals surface area contributed by atoms with Crippen LogP contribution in [0, 0.1) is 0 Å². The molecule has 1 aliphatic rings. The highest BCUT2D eigenvalue weighted by molar-refractivity contribution is 5.43. The minimum absolute atomic E-state index is 0.0940. The highest BCUT2D eigenvalue weighted by atomic mass is 16.6. The second-order valence-corrected chi connectivity index (χ2v) is 8.95. The molecule has 236 valence electrons. The Bertz CT molecular complexity index is 896. The number of hydrogen-bond donors (Lipinski definition) is 2. The molecule has 2 N–H and O–H groups in total. The molecule has 0 bridgehead atoms. The second-order valence-electron chi connectivity index (χ2n) is 8.95. The molecule has 1 heterocycles. The molecule has 0 saturated carbocycles. The Balaban J connectivity index is 1.43. The lowest BCUT2D eigenvalue weighted by Gasteiger charge is -2.15. The molecular formula is C30H44O12. The molecule has 0 saturated heterocycles. The van der Waals surface area contributed by atoms with Crippen molar-refractivity contribution in [3.05, 3.63) is 47.5 Å². The largest absolute Gasteiger partial charge is 0.487 e. The molecule has 0 fully saturated rings. The quantitative estimate of drug-likeness (QED) is 0.526. The third-order valence-corrected chi connectivity index (χ3v) is 5.81. The highest BCUT2D eigenvalue weighted by Crippen LogP contribution is 2.29. The zero-order chi connectivity index (χ0) is 29.5. The van der Waals surface area contributed by atoms with E-state index in [1.807, 2.05) is 0 Å². The van der Waals surface area contributed by atoms with Crippen molar-refractivity contribution >= 4 is 0 Å². The predicted octanol–water partition coefficient (Wildman–Crippen LogP) is 2.00. The lowest BCUT2D eigenvalue weighted by atomic mass is 10.2. The minimum Gasteiger partial charge on any atom is -0.487 e. The van der Waals surface area contributed by atoms with Crippen molar-refractivity contribution < 1.29 is 57.6 Å². The average Bonchev–Trinajstić information content (AvgIpc) is 3.02. The molecule has 0 aliphatic carbocycles. The van der Waals surface area contributed by atoms with Crippen LogP contribution in [-0.2, 0) is 41.6 Å². The van der Waals surface area contributed by atoms with E-state index in [4.69, 9.17) is 47.4 Å². The van der Waals surface area contributed by atoms with Crippen molar-refractivity contribution in [3.8, 4) is 23.0 Å². The third-order valence-electron chi connectivity index (χ3n) is 5.81. The molecule has 0 unspecified atom stereocenters. The number of hydrogen-bond acceptors (Lipinski definition) is 12. The highest BCUT2D eigenvalue weighted by Gasteiger charge is 2.09. The van der Waals surface area contributed by atoms with Crippen LogP contribution in [0.4, 0.5) is 0 Å². The first-order valence-corrected chi connectivity index (χ1v) is 14.3. The summed E-state index contributed by atoms with van der Waals surface area (Å²) in [5.74, 6) is 2.21. The van der Waals surface area contributed by atoms with E-state index in [1.54, 1.807) is 36.4 Å². The number of ether oxygens (including phenoxy) is 10. The molecule has 12 nitrogen and oxygen atoms in total. The number of fused-ring (bicyclic) bond motifs is 2. The Labute approximate surface area is 247 Å². The number of aliphatic hydroxyl groups excluding tert-OH is 2. The monoisotopic (exact) mass is 596 g/mol. The van der Waals surface area contributed by atoms with E-state index in [9.17, 15) is 10.2 Å². The van der Waals surface area contributed by atoms with E-state index in [2.05, 4.69) is 0 Å². The van der Waals surface area contributed by atoms with Gasteiger partial charge in [-0.3, -0.25) is 0 Å². The van der Waals surface area contributed by atoms with Gasteiger partial charge in [0.15, 0.2) is 23.0 Å². The zero-order valence-electron chi connectivity index (χ0n) is 24.2. The Kier molecular flexibility index (Phi) is 17.7. The van der Waals surface area contributed by atoms with Crippen LogP contribution >= 0.6 is 0 Å². The van der Waals surface area contributed by atoms with Crippen molar-refractivity contribution in [1.29, 1.82) is 0 Å². The van der Waals surface area contributed by atoms with Crippen LogP contribution in [0.25, 0.3) is 0 Å². The first-order valence-electron chi connectivity index (χ1n) is 14.3. The topological polar surface area (TPSA) is 133 Å². The lowest BCUT2D eigenvalue weighted by molar-refractivity contribution is 0.00247. The summed E-state index contributed by atoms with van der Waals surface area (Å²) >= 11 is 0. The van der Waals surface area contributed by atoms with Crippen LogP contribution in [0.1, 0.15) is 11.1 Å². The molecular weight excluding hydrogens is 552 g/mol. The average molecular weight is 597 g/mol. The van der Waals surface area contributed by atoms with Crippen LogP contribution in [0.2, 0.25) is 0 Å². The Morgan fingerprint density at radius 3 is 0.905 bits per heavy atom. The van der Waals surface area contributed by atoms with Crippen molar-refractivity contribution in [2.24, 2.45) is 0 Å². The predicted molar refractivity (Wildman–Crippen MR) is 152 cm³/mol. The van der Waals surface area contributed by atoms with Crippen LogP contribution in [0.3, 0.4) is 0 Å². The van der Waals surface area contributed by atoms with Crippen molar-refractivity contribution in [2.45, 2.75) is 13.2 Å². The number of aliphatic hydroxyl groups is 2. The van der Waals surface area contributed by atoms with Gasteiger partial charge >= 0.3 is 0 Å². The van der Waals surface area contributed by atoms with E-state index < -0.39 is 0 Å². The fourth-order valence-electron chi connectivity index (χ4n) is 3.69. The fourth-order valence-corrected chi connectivity index (χ4v) is 3.69. The van der Waals surface area contributed by atoms with E-state index in [1.165, 1.54) is 0 Å². The van der Waals surface area contributed by atoms with E-state index in [0.29, 0.717) is 129 Å². The van der Waals surface area contributed by atoms with Gasteiger partial charge in [-0.1, -0.05) is 12.1 Å². The van der Waals surface area contributed by atoms with Gasteiger partial charge < -0.3 is 57.6 Å². The van der Waals surface area contributed by atoms with Gasteiger partial charge in [-0.2, -0.15) is 0 Å². The summed E-state index contributed by atoms with van der Waals surface area (Å²) in [5.41, 5.74) is 1.45. The van der Waals surface area contributed by atoms with Crippen molar-refractivity contribution in [2.75, 3.05) is 106 Å². The standard InChI is InChI=1S/C30H44O12/c31-23-25-1-3-27-29(21-25)41-19-15-37-11-7-34-6-10-36-14-18-40-28-4-2-26(24-32)22-30(28)42-20-16-38-12-8-33-5-9-35-13-17-39-27/h1-4,21-22,31-32H,5-20,23-24H2. The van der Waals surface area contributed by atoms with Gasteiger partial charge in [-0.15, -0.1) is 0 Å². The van der Waals surface area contributed by atoms with E-state index in [0.717, 1.165) is 11.1 Å². The van der Waals surface area contributed by atoms with Crippen LogP contribution in [0.15, 0.2) is 36.4 Å². The normalized spacial score (nSPS) is 18.5. The first-order chi connectivity index (χ1) is 20.8. The Morgan fingerprint density at radius 2 is 0.619 bits per heavy atom. The molecule has 0 radical (unpaired) electrons.